The van der Waals surface area contributed by atoms with E-state index in [0.717, 1.165) is 13.2 Å². The Morgan fingerprint density at radius 1 is 0.938 bits per heavy atom. The summed E-state index contributed by atoms with van der Waals surface area (Å²) in [7, 11) is 0. The summed E-state index contributed by atoms with van der Waals surface area (Å²) in [4.78, 5) is 2.52. The Morgan fingerprint density at radius 3 is 1.94 bits per heavy atom. The molecular weight excluding hydrogens is 198 g/mol. The van der Waals surface area contributed by atoms with Crippen molar-refractivity contribution in [2.45, 2.75) is 52.4 Å². The lowest BCUT2D eigenvalue weighted by atomic mass is 10.2. The summed E-state index contributed by atoms with van der Waals surface area (Å²) in [5, 5.41) is 0. The molecule has 0 aliphatic rings. The minimum atomic E-state index is 0.780. The second-order valence-electron chi connectivity index (χ2n) is 4.29. The van der Waals surface area contributed by atoms with Crippen LogP contribution in [0.15, 0.2) is 12.8 Å². The van der Waals surface area contributed by atoms with Gasteiger partial charge in [-0.25, -0.2) is 0 Å². The van der Waals surface area contributed by atoms with E-state index in [2.05, 4.69) is 25.3 Å². The third kappa shape index (κ3) is 10.0. The highest BCUT2D eigenvalue weighted by Crippen LogP contribution is 2.02. The first-order chi connectivity index (χ1) is 7.85. The highest BCUT2D eigenvalue weighted by molar-refractivity contribution is 4.59. The van der Waals surface area contributed by atoms with E-state index < -0.39 is 0 Å². The molecule has 2 heteroatoms. The Balaban J connectivity index is 3.62. The molecule has 0 N–H and O–H groups in total. The van der Waals surface area contributed by atoms with Gasteiger partial charge in [-0.2, -0.15) is 0 Å². The fourth-order valence-electron chi connectivity index (χ4n) is 1.77. The Hall–Kier alpha value is -0.500. The van der Waals surface area contributed by atoms with Crippen molar-refractivity contribution in [2.24, 2.45) is 0 Å². The highest BCUT2D eigenvalue weighted by Gasteiger charge is 2.03. The lowest BCUT2D eigenvalue weighted by molar-refractivity contribution is 0.174. The number of nitrogens with zero attached hydrogens (tertiary/aromatic N) is 1. The number of ether oxygens (including phenoxy) is 1. The van der Waals surface area contributed by atoms with Crippen LogP contribution in [0.25, 0.3) is 0 Å². The maximum Gasteiger partial charge on any atom is 0.0999 e. The van der Waals surface area contributed by atoms with Crippen molar-refractivity contribution in [1.29, 1.82) is 0 Å². The van der Waals surface area contributed by atoms with Gasteiger partial charge in [0.1, 0.15) is 0 Å². The second kappa shape index (κ2) is 12.6. The Labute approximate surface area is 102 Å². The fourth-order valence-corrected chi connectivity index (χ4v) is 1.77. The molecule has 0 amide bonds. The average Bonchev–Trinajstić information content (AvgIpc) is 2.29. The lowest BCUT2D eigenvalue weighted by Crippen LogP contribution is -2.29. The standard InChI is InChI=1S/C14H29NO/c1-4-7-9-11-15(12-10-8-5-2)13-14-16-6-3/h6H,3-5,7-14H2,1-2H3. The molecule has 2 nitrogen and oxygen atoms in total. The Kier molecular flexibility index (Phi) is 12.2. The smallest absolute Gasteiger partial charge is 0.0999 e. The van der Waals surface area contributed by atoms with Gasteiger partial charge in [0.15, 0.2) is 0 Å². The van der Waals surface area contributed by atoms with Gasteiger partial charge in [-0.3, -0.25) is 4.90 Å². The summed E-state index contributed by atoms with van der Waals surface area (Å²) in [6.07, 6.45) is 9.45. The van der Waals surface area contributed by atoms with Crippen LogP contribution < -0.4 is 0 Å². The molecule has 0 fully saturated rings. The van der Waals surface area contributed by atoms with Gasteiger partial charge in [0.05, 0.1) is 12.9 Å². The summed E-state index contributed by atoms with van der Waals surface area (Å²) in [5.74, 6) is 0. The van der Waals surface area contributed by atoms with E-state index in [-0.39, 0.29) is 0 Å². The minimum absolute atomic E-state index is 0.780. The molecule has 0 unspecified atom stereocenters. The van der Waals surface area contributed by atoms with E-state index >= 15 is 0 Å². The van der Waals surface area contributed by atoms with Gasteiger partial charge in [0.25, 0.3) is 0 Å². The van der Waals surface area contributed by atoms with Crippen LogP contribution in [-0.2, 0) is 4.74 Å². The van der Waals surface area contributed by atoms with Crippen molar-refractivity contribution in [3.8, 4) is 0 Å². The molecule has 0 aromatic rings. The van der Waals surface area contributed by atoms with Crippen molar-refractivity contribution in [3.05, 3.63) is 12.8 Å². The maximum atomic E-state index is 5.20. The van der Waals surface area contributed by atoms with E-state index in [1.54, 1.807) is 0 Å². The summed E-state index contributed by atoms with van der Waals surface area (Å²) in [5.41, 5.74) is 0. The third-order valence-corrected chi connectivity index (χ3v) is 2.80. The third-order valence-electron chi connectivity index (χ3n) is 2.80. The zero-order chi connectivity index (χ0) is 12.1. The number of hydrogen-bond donors (Lipinski definition) is 0. The first-order valence-corrected chi connectivity index (χ1v) is 6.80. The Bertz CT molecular complexity index is 138. The largest absolute Gasteiger partial charge is 0.500 e. The molecule has 0 heterocycles. The van der Waals surface area contributed by atoms with Crippen LogP contribution in [0.5, 0.6) is 0 Å². The number of rotatable bonds is 12. The van der Waals surface area contributed by atoms with Gasteiger partial charge in [0, 0.05) is 6.54 Å². The van der Waals surface area contributed by atoms with Gasteiger partial charge in [0.2, 0.25) is 0 Å². The van der Waals surface area contributed by atoms with E-state index in [9.17, 15) is 0 Å². The van der Waals surface area contributed by atoms with Crippen LogP contribution in [0.1, 0.15) is 52.4 Å². The predicted octanol–water partition coefficient (Wildman–Crippen LogP) is 3.83. The second-order valence-corrected chi connectivity index (χ2v) is 4.29. The molecule has 0 radical (unpaired) electrons. The molecule has 0 saturated carbocycles. The molecule has 0 aliphatic carbocycles. The first-order valence-electron chi connectivity index (χ1n) is 6.80. The van der Waals surface area contributed by atoms with Gasteiger partial charge in [-0.05, 0) is 25.9 Å². The number of unbranched alkanes of at least 4 members (excludes halogenated alkanes) is 4. The monoisotopic (exact) mass is 227 g/mol. The van der Waals surface area contributed by atoms with Gasteiger partial charge >= 0.3 is 0 Å². The van der Waals surface area contributed by atoms with Gasteiger partial charge in [-0.15, -0.1) is 0 Å². The van der Waals surface area contributed by atoms with Crippen LogP contribution >= 0.6 is 0 Å². The van der Waals surface area contributed by atoms with Crippen LogP contribution in [-0.4, -0.2) is 31.1 Å². The van der Waals surface area contributed by atoms with Crippen molar-refractivity contribution in [1.82, 2.24) is 4.90 Å². The minimum Gasteiger partial charge on any atom is -0.500 e. The van der Waals surface area contributed by atoms with Crippen LogP contribution in [0, 0.1) is 0 Å². The summed E-state index contributed by atoms with van der Waals surface area (Å²) in [6.45, 7) is 12.3. The van der Waals surface area contributed by atoms with Crippen LogP contribution in [0.2, 0.25) is 0 Å². The van der Waals surface area contributed by atoms with Crippen molar-refractivity contribution >= 4 is 0 Å². The lowest BCUT2D eigenvalue weighted by Gasteiger charge is -2.21. The summed E-state index contributed by atoms with van der Waals surface area (Å²) >= 11 is 0. The molecule has 16 heavy (non-hydrogen) atoms. The van der Waals surface area contributed by atoms with Gasteiger partial charge < -0.3 is 4.74 Å². The molecule has 0 aromatic heterocycles. The Morgan fingerprint density at radius 2 is 1.50 bits per heavy atom. The SMILES string of the molecule is C=COCCN(CCCCC)CCCCC. The number of hydrogen-bond acceptors (Lipinski definition) is 2. The molecule has 0 rings (SSSR count). The predicted molar refractivity (Wildman–Crippen MR) is 71.6 cm³/mol. The zero-order valence-electron chi connectivity index (χ0n) is 11.2. The van der Waals surface area contributed by atoms with E-state index in [0.29, 0.717) is 0 Å². The van der Waals surface area contributed by atoms with Crippen molar-refractivity contribution < 1.29 is 4.74 Å². The summed E-state index contributed by atoms with van der Waals surface area (Å²) < 4.78 is 5.20. The molecule has 0 saturated heterocycles. The van der Waals surface area contributed by atoms with Crippen molar-refractivity contribution in [2.75, 3.05) is 26.2 Å². The van der Waals surface area contributed by atoms with E-state index in [1.807, 2.05) is 0 Å². The average molecular weight is 227 g/mol. The molecule has 96 valence electrons. The maximum absolute atomic E-state index is 5.20. The van der Waals surface area contributed by atoms with Crippen LogP contribution in [0.4, 0.5) is 0 Å². The summed E-state index contributed by atoms with van der Waals surface area (Å²) in [6, 6.07) is 0. The highest BCUT2D eigenvalue weighted by atomic mass is 16.5. The molecule has 0 bridgehead atoms. The first kappa shape index (κ1) is 15.5. The van der Waals surface area contributed by atoms with E-state index in [4.69, 9.17) is 4.74 Å². The van der Waals surface area contributed by atoms with Gasteiger partial charge in [-0.1, -0.05) is 46.1 Å². The molecule has 0 aromatic carbocycles. The van der Waals surface area contributed by atoms with Crippen molar-refractivity contribution in [3.63, 3.8) is 0 Å². The normalized spacial score (nSPS) is 10.7. The van der Waals surface area contributed by atoms with E-state index in [1.165, 1.54) is 57.9 Å². The molecule has 0 atom stereocenters. The zero-order valence-corrected chi connectivity index (χ0v) is 11.2. The molecule has 0 aliphatic heterocycles. The molecular formula is C14H29NO. The topological polar surface area (TPSA) is 12.5 Å². The fraction of sp³-hybridized carbons (Fsp3) is 0.857. The quantitative estimate of drug-likeness (QED) is 0.371. The molecule has 0 spiro atoms. The van der Waals surface area contributed by atoms with Crippen LogP contribution in [0.3, 0.4) is 0 Å².